The maximum absolute atomic E-state index is 12.1. The van der Waals surface area contributed by atoms with Gasteiger partial charge in [0.25, 0.3) is 5.91 Å². The van der Waals surface area contributed by atoms with Gasteiger partial charge in [0.15, 0.2) is 0 Å². The van der Waals surface area contributed by atoms with Crippen LogP contribution in [-0.4, -0.2) is 19.1 Å². The van der Waals surface area contributed by atoms with Crippen LogP contribution in [0, 0.1) is 11.8 Å². The average molecular weight is 300 g/mol. The number of nitrogens with one attached hydrogen (secondary N) is 1. The lowest BCUT2D eigenvalue weighted by Gasteiger charge is -2.06. The minimum atomic E-state index is -0.148. The summed E-state index contributed by atoms with van der Waals surface area (Å²) in [6.45, 7) is 2.86. The normalized spacial score (nSPS) is 9.62. The quantitative estimate of drug-likeness (QED) is 0.853. The van der Waals surface area contributed by atoms with Crippen LogP contribution in [0.25, 0.3) is 0 Å². The van der Waals surface area contributed by atoms with Crippen LogP contribution >= 0.6 is 11.3 Å². The zero-order valence-corrected chi connectivity index (χ0v) is 12.5. The fourth-order valence-electron chi connectivity index (χ4n) is 1.66. The van der Waals surface area contributed by atoms with Gasteiger partial charge in [-0.3, -0.25) is 4.79 Å². The number of carbonyl (C=O) groups is 1. The van der Waals surface area contributed by atoms with Crippen molar-refractivity contribution in [2.45, 2.75) is 6.92 Å². The number of benzene rings is 1. The van der Waals surface area contributed by atoms with E-state index >= 15 is 0 Å². The molecule has 0 unspecified atom stereocenters. The summed E-state index contributed by atoms with van der Waals surface area (Å²) < 4.78 is 5.36. The third-order valence-electron chi connectivity index (χ3n) is 2.57. The summed E-state index contributed by atoms with van der Waals surface area (Å²) in [5, 5.41) is 2.84. The second kappa shape index (κ2) is 7.48. The number of carbonyl (C=O) groups excluding carboxylic acids is 1. The summed E-state index contributed by atoms with van der Waals surface area (Å²) in [7, 11) is 0. The molecule has 2 rings (SSSR count). The number of anilines is 1. The van der Waals surface area contributed by atoms with Crippen LogP contribution < -0.4 is 15.8 Å². The topological polar surface area (TPSA) is 64.3 Å². The van der Waals surface area contributed by atoms with E-state index in [0.717, 1.165) is 16.3 Å². The van der Waals surface area contributed by atoms with Gasteiger partial charge in [-0.1, -0.05) is 11.8 Å². The van der Waals surface area contributed by atoms with Crippen molar-refractivity contribution in [3.8, 4) is 17.6 Å². The average Bonchev–Trinajstić information content (AvgIpc) is 2.96. The van der Waals surface area contributed by atoms with Crippen LogP contribution in [0.4, 0.5) is 5.69 Å². The van der Waals surface area contributed by atoms with E-state index in [1.54, 1.807) is 6.07 Å². The van der Waals surface area contributed by atoms with Crippen molar-refractivity contribution < 1.29 is 9.53 Å². The zero-order chi connectivity index (χ0) is 15.1. The second-order valence-corrected chi connectivity index (χ2v) is 5.17. The molecule has 5 heteroatoms. The van der Waals surface area contributed by atoms with Gasteiger partial charge >= 0.3 is 0 Å². The summed E-state index contributed by atoms with van der Waals surface area (Å²) in [5.74, 6) is 6.31. The Bertz CT molecular complexity index is 666. The van der Waals surface area contributed by atoms with Gasteiger partial charge in [0.1, 0.15) is 5.75 Å². The van der Waals surface area contributed by atoms with Crippen LogP contribution in [0.2, 0.25) is 0 Å². The van der Waals surface area contributed by atoms with Crippen molar-refractivity contribution in [3.05, 3.63) is 46.2 Å². The highest BCUT2D eigenvalue weighted by molar-refractivity contribution is 7.14. The first kappa shape index (κ1) is 15.1. The Morgan fingerprint density at radius 2 is 2.05 bits per heavy atom. The summed E-state index contributed by atoms with van der Waals surface area (Å²) in [4.78, 5) is 13.6. The molecule has 2 aromatic rings. The van der Waals surface area contributed by atoms with Gasteiger partial charge < -0.3 is 15.8 Å². The summed E-state index contributed by atoms with van der Waals surface area (Å²) in [5.41, 5.74) is 6.05. The molecule has 0 aliphatic rings. The van der Waals surface area contributed by atoms with Crippen LogP contribution in [0.3, 0.4) is 0 Å². The standard InChI is InChI=1S/C16H16N2O2S/c1-2-20-13-7-5-12(6-8-13)18-16(19)15-10-9-14(21-15)4-3-11-17/h5-10H,2,11,17H2,1H3,(H,18,19). The Morgan fingerprint density at radius 3 is 2.71 bits per heavy atom. The van der Waals surface area contributed by atoms with Gasteiger partial charge in [-0.25, -0.2) is 0 Å². The Hall–Kier alpha value is -2.29. The first-order chi connectivity index (χ1) is 10.2. The van der Waals surface area contributed by atoms with Gasteiger partial charge in [0.2, 0.25) is 0 Å². The lowest BCUT2D eigenvalue weighted by Crippen LogP contribution is -2.09. The molecular formula is C16H16N2O2S. The van der Waals surface area contributed by atoms with Crippen molar-refractivity contribution >= 4 is 22.9 Å². The molecule has 1 aromatic carbocycles. The summed E-state index contributed by atoms with van der Waals surface area (Å²) >= 11 is 1.35. The maximum atomic E-state index is 12.1. The third-order valence-corrected chi connectivity index (χ3v) is 3.57. The first-order valence-electron chi connectivity index (χ1n) is 6.56. The number of thiophene rings is 1. The smallest absolute Gasteiger partial charge is 0.265 e. The fourth-order valence-corrected chi connectivity index (χ4v) is 2.44. The van der Waals surface area contributed by atoms with E-state index in [1.807, 2.05) is 37.3 Å². The SMILES string of the molecule is CCOc1ccc(NC(=O)c2ccc(C#CCN)s2)cc1. The van der Waals surface area contributed by atoms with Crippen LogP contribution in [0.1, 0.15) is 21.5 Å². The monoisotopic (exact) mass is 300 g/mol. The number of amides is 1. The largest absolute Gasteiger partial charge is 0.494 e. The van der Waals surface area contributed by atoms with E-state index in [1.165, 1.54) is 11.3 Å². The Morgan fingerprint density at radius 1 is 1.29 bits per heavy atom. The molecule has 0 aliphatic carbocycles. The van der Waals surface area contributed by atoms with Crippen molar-refractivity contribution in [2.24, 2.45) is 5.73 Å². The number of hydrogen-bond acceptors (Lipinski definition) is 4. The Kier molecular flexibility index (Phi) is 5.38. The molecule has 3 N–H and O–H groups in total. The first-order valence-corrected chi connectivity index (χ1v) is 7.37. The molecule has 0 spiro atoms. The van der Waals surface area contributed by atoms with Crippen molar-refractivity contribution in [1.29, 1.82) is 0 Å². The van der Waals surface area contributed by atoms with Crippen LogP contribution in [0.15, 0.2) is 36.4 Å². The molecule has 1 aromatic heterocycles. The predicted molar refractivity (Wildman–Crippen MR) is 85.8 cm³/mol. The molecule has 0 aliphatic heterocycles. The molecule has 0 fully saturated rings. The Labute approximate surface area is 127 Å². The van der Waals surface area contributed by atoms with E-state index in [0.29, 0.717) is 18.0 Å². The minimum absolute atomic E-state index is 0.148. The third kappa shape index (κ3) is 4.35. The minimum Gasteiger partial charge on any atom is -0.494 e. The molecular weight excluding hydrogens is 284 g/mol. The Balaban J connectivity index is 2.02. The summed E-state index contributed by atoms with van der Waals surface area (Å²) in [6.07, 6.45) is 0. The molecule has 0 radical (unpaired) electrons. The lowest BCUT2D eigenvalue weighted by atomic mass is 10.3. The lowest BCUT2D eigenvalue weighted by molar-refractivity contribution is 0.103. The highest BCUT2D eigenvalue weighted by Crippen LogP contribution is 2.19. The van der Waals surface area contributed by atoms with Gasteiger partial charge in [0, 0.05) is 5.69 Å². The fraction of sp³-hybridized carbons (Fsp3) is 0.188. The van der Waals surface area contributed by atoms with E-state index in [4.69, 9.17) is 10.5 Å². The number of ether oxygens (including phenoxy) is 1. The van der Waals surface area contributed by atoms with E-state index in [9.17, 15) is 4.79 Å². The van der Waals surface area contributed by atoms with Crippen molar-refractivity contribution in [2.75, 3.05) is 18.5 Å². The van der Waals surface area contributed by atoms with Gasteiger partial charge in [0.05, 0.1) is 22.9 Å². The maximum Gasteiger partial charge on any atom is 0.265 e. The zero-order valence-electron chi connectivity index (χ0n) is 11.7. The van der Waals surface area contributed by atoms with Gasteiger partial charge in [-0.15, -0.1) is 11.3 Å². The van der Waals surface area contributed by atoms with Crippen molar-refractivity contribution in [3.63, 3.8) is 0 Å². The highest BCUT2D eigenvalue weighted by atomic mass is 32.1. The van der Waals surface area contributed by atoms with Crippen LogP contribution in [-0.2, 0) is 0 Å². The molecule has 1 amide bonds. The summed E-state index contributed by atoms with van der Waals surface area (Å²) in [6, 6.07) is 10.9. The number of rotatable bonds is 4. The molecule has 108 valence electrons. The van der Waals surface area contributed by atoms with E-state index < -0.39 is 0 Å². The molecule has 0 atom stereocenters. The van der Waals surface area contributed by atoms with E-state index in [-0.39, 0.29) is 5.91 Å². The van der Waals surface area contributed by atoms with Crippen LogP contribution in [0.5, 0.6) is 5.75 Å². The molecule has 0 bridgehead atoms. The van der Waals surface area contributed by atoms with Gasteiger partial charge in [-0.2, -0.15) is 0 Å². The van der Waals surface area contributed by atoms with Crippen molar-refractivity contribution in [1.82, 2.24) is 0 Å². The molecule has 4 nitrogen and oxygen atoms in total. The van der Waals surface area contributed by atoms with Gasteiger partial charge in [-0.05, 0) is 43.3 Å². The number of hydrogen-bond donors (Lipinski definition) is 2. The van der Waals surface area contributed by atoms with E-state index in [2.05, 4.69) is 17.2 Å². The highest BCUT2D eigenvalue weighted by Gasteiger charge is 2.09. The molecule has 0 saturated carbocycles. The molecule has 21 heavy (non-hydrogen) atoms. The molecule has 0 saturated heterocycles. The predicted octanol–water partition coefficient (Wildman–Crippen LogP) is 2.71. The second-order valence-electron chi connectivity index (χ2n) is 4.08. The molecule has 1 heterocycles. The number of nitrogens with two attached hydrogens (primary N) is 1.